The van der Waals surface area contributed by atoms with Gasteiger partial charge in [0.1, 0.15) is 0 Å². The van der Waals surface area contributed by atoms with Gasteiger partial charge in [0.2, 0.25) is 5.91 Å². The number of Topliss-reactive ketones (excluding diaryl/α,β-unsaturated/α-hetero) is 1. The quantitative estimate of drug-likeness (QED) is 0.149. The van der Waals surface area contributed by atoms with Crippen LogP contribution in [0.15, 0.2) is 96.6 Å². The summed E-state index contributed by atoms with van der Waals surface area (Å²) in [6.07, 6.45) is 13.7. The molecule has 9 atom stereocenters. The molecule has 4 fully saturated rings. The lowest BCUT2D eigenvalue weighted by atomic mass is 9.32. The number of benzene rings is 3. The topological polar surface area (TPSA) is 106 Å². The number of amides is 1. The highest BCUT2D eigenvalue weighted by molar-refractivity contribution is 6.10. The maximum Gasteiger partial charge on any atom is 0.227 e. The van der Waals surface area contributed by atoms with Crippen LogP contribution < -0.4 is 9.47 Å². The number of nitrogens with zero attached hydrogens (tertiary/aromatic N) is 1. The Hall–Kier alpha value is -4.24. The highest BCUT2D eigenvalue weighted by Crippen LogP contribution is 2.78. The molecule has 1 heterocycles. The van der Waals surface area contributed by atoms with Gasteiger partial charge < -0.3 is 29.3 Å². The summed E-state index contributed by atoms with van der Waals surface area (Å²) in [7, 11) is 3.19. The van der Waals surface area contributed by atoms with Crippen LogP contribution in [-0.2, 0) is 16.0 Å². The molecule has 10 rings (SSSR count). The average Bonchev–Trinajstić information content (AvgIpc) is 3.85. The summed E-state index contributed by atoms with van der Waals surface area (Å²) in [5.41, 5.74) is 1.59. The number of hydrogen-bond acceptors (Lipinski definition) is 7. The first-order valence-electron chi connectivity index (χ1n) is 21.5. The molecule has 6 aliphatic carbocycles. The molecule has 8 nitrogen and oxygen atoms in total. The molecule has 2 spiro atoms. The first-order chi connectivity index (χ1) is 27.9. The molecule has 1 saturated heterocycles. The van der Waals surface area contributed by atoms with E-state index >= 15 is 4.79 Å². The van der Waals surface area contributed by atoms with Crippen molar-refractivity contribution < 1.29 is 34.0 Å². The average molecular weight is 786 g/mol. The molecule has 3 aromatic rings. The second-order valence-electron chi connectivity index (χ2n) is 18.9. The molecule has 8 heteroatoms. The van der Waals surface area contributed by atoms with Crippen LogP contribution in [0.4, 0.5) is 0 Å². The van der Waals surface area contributed by atoms with Gasteiger partial charge in [-0.25, -0.2) is 0 Å². The molecule has 3 aromatic carbocycles. The van der Waals surface area contributed by atoms with Crippen LogP contribution in [0.25, 0.3) is 11.1 Å². The van der Waals surface area contributed by atoms with E-state index in [2.05, 4.69) is 44.2 Å². The van der Waals surface area contributed by atoms with E-state index in [0.29, 0.717) is 43.1 Å². The molecule has 1 unspecified atom stereocenters. The van der Waals surface area contributed by atoms with E-state index in [1.807, 2.05) is 65.6 Å². The van der Waals surface area contributed by atoms with Gasteiger partial charge in [0.05, 0.1) is 45.0 Å². The van der Waals surface area contributed by atoms with Crippen LogP contribution in [0, 0.1) is 33.5 Å². The van der Waals surface area contributed by atoms with Crippen molar-refractivity contribution in [2.45, 2.75) is 95.9 Å². The highest BCUT2D eigenvalue weighted by Gasteiger charge is 2.74. The number of carbonyl (C=O) groups is 2. The van der Waals surface area contributed by atoms with Crippen LogP contribution in [0.3, 0.4) is 0 Å². The zero-order valence-corrected chi connectivity index (χ0v) is 34.5. The molecule has 1 amide bonds. The smallest absolute Gasteiger partial charge is 0.227 e. The van der Waals surface area contributed by atoms with Crippen molar-refractivity contribution in [1.29, 1.82) is 0 Å². The number of aliphatic hydroxyl groups excluding tert-OH is 1. The van der Waals surface area contributed by atoms with Gasteiger partial charge in [0.25, 0.3) is 0 Å². The lowest BCUT2D eigenvalue weighted by Gasteiger charge is -2.71. The summed E-state index contributed by atoms with van der Waals surface area (Å²) in [4.78, 5) is 31.5. The van der Waals surface area contributed by atoms with Crippen molar-refractivity contribution in [3.05, 3.63) is 108 Å². The lowest BCUT2D eigenvalue weighted by Crippen LogP contribution is -2.67. The van der Waals surface area contributed by atoms with Crippen LogP contribution in [0.1, 0.15) is 87.6 Å². The van der Waals surface area contributed by atoms with Crippen molar-refractivity contribution in [2.75, 3.05) is 33.9 Å². The van der Waals surface area contributed by atoms with Gasteiger partial charge in [0.15, 0.2) is 17.3 Å². The highest BCUT2D eigenvalue weighted by atomic mass is 16.5. The second-order valence-corrected chi connectivity index (χ2v) is 18.9. The van der Waals surface area contributed by atoms with Gasteiger partial charge in [-0.1, -0.05) is 92.7 Å². The summed E-state index contributed by atoms with van der Waals surface area (Å²) < 4.78 is 17.1. The molecule has 1 aliphatic heterocycles. The number of ether oxygens (including phenoxy) is 3. The van der Waals surface area contributed by atoms with Gasteiger partial charge in [0, 0.05) is 40.5 Å². The Morgan fingerprint density at radius 2 is 1.53 bits per heavy atom. The number of fused-ring (bicyclic) bond motifs is 1. The fourth-order valence-electron chi connectivity index (χ4n) is 13.1. The maximum atomic E-state index is 15.2. The fraction of sp³-hybridized carbons (Fsp3) is 0.520. The Morgan fingerprint density at radius 1 is 0.828 bits per heavy atom. The number of carbonyl (C=O) groups excluding carboxylic acids is 2. The summed E-state index contributed by atoms with van der Waals surface area (Å²) >= 11 is 0. The van der Waals surface area contributed by atoms with E-state index in [-0.39, 0.29) is 48.0 Å². The summed E-state index contributed by atoms with van der Waals surface area (Å²) in [5.74, 6) is 1.32. The number of ketones is 1. The first kappa shape index (κ1) is 39.2. The number of methoxy groups -OCH3 is 2. The molecule has 7 aliphatic rings. The van der Waals surface area contributed by atoms with E-state index in [1.54, 1.807) is 14.2 Å². The van der Waals surface area contributed by atoms with E-state index in [9.17, 15) is 15.0 Å². The fourth-order valence-corrected chi connectivity index (χ4v) is 13.1. The standard InChI is InChI=1S/C50H59NO7/c1-46-21-18-37(52)29-48(46)24-25-50(39(30-48)45(54)36-15-13-35(14-16-36)34-9-6-5-7-10-34)42(46)19-22-47(2)43(50)20-23-49(47,55)32-51(31-38-11-8-26-58-38)44(53)28-33-12-17-40(56-3)41(27-33)57-4/h5-7,9-10,12-17,24-25,27,30,37-38,42-43,52,55H,8,11,18-23,26,28-29,31-32H2,1-4H3/t37?,38-,42-,43-,46-,47+,48+,49-,50-/m1/s1. The Morgan fingerprint density at radius 3 is 2.26 bits per heavy atom. The van der Waals surface area contributed by atoms with Gasteiger partial charge in [-0.05, 0) is 104 Å². The summed E-state index contributed by atoms with van der Waals surface area (Å²) in [5, 5.41) is 24.4. The number of allylic oxidation sites excluding steroid dienone is 4. The predicted octanol–water partition coefficient (Wildman–Crippen LogP) is 8.39. The van der Waals surface area contributed by atoms with Crippen LogP contribution in [0.2, 0.25) is 0 Å². The normalized spacial score (nSPS) is 35.7. The molecule has 2 bridgehead atoms. The molecule has 3 saturated carbocycles. The van der Waals surface area contributed by atoms with E-state index in [4.69, 9.17) is 14.2 Å². The molecule has 0 aromatic heterocycles. The first-order valence-corrected chi connectivity index (χ1v) is 21.5. The van der Waals surface area contributed by atoms with Gasteiger partial charge in [-0.3, -0.25) is 9.59 Å². The lowest BCUT2D eigenvalue weighted by molar-refractivity contribution is -0.179. The van der Waals surface area contributed by atoms with Crippen molar-refractivity contribution in [3.8, 4) is 22.6 Å². The minimum atomic E-state index is -1.18. The Kier molecular flexibility index (Phi) is 9.80. The zero-order chi connectivity index (χ0) is 40.5. The van der Waals surface area contributed by atoms with Crippen molar-refractivity contribution in [3.63, 3.8) is 0 Å². The molecule has 306 valence electrons. The van der Waals surface area contributed by atoms with Crippen LogP contribution in [0.5, 0.6) is 11.5 Å². The summed E-state index contributed by atoms with van der Waals surface area (Å²) in [6.45, 7) is 5.96. The second kappa shape index (κ2) is 14.5. The predicted molar refractivity (Wildman–Crippen MR) is 224 cm³/mol. The molecular formula is C50H59NO7. The maximum absolute atomic E-state index is 15.2. The number of rotatable bonds is 11. The third kappa shape index (κ3) is 5.95. The largest absolute Gasteiger partial charge is 0.493 e. The monoisotopic (exact) mass is 785 g/mol. The molecule has 58 heavy (non-hydrogen) atoms. The minimum absolute atomic E-state index is 0.0219. The Balaban J connectivity index is 1.07. The third-order valence-corrected chi connectivity index (χ3v) is 16.3. The van der Waals surface area contributed by atoms with Crippen LogP contribution >= 0.6 is 0 Å². The minimum Gasteiger partial charge on any atom is -0.493 e. The van der Waals surface area contributed by atoms with E-state index < -0.39 is 27.9 Å². The molecule has 0 radical (unpaired) electrons. The molecule has 2 N–H and O–H groups in total. The van der Waals surface area contributed by atoms with Gasteiger partial charge in [-0.2, -0.15) is 0 Å². The number of aliphatic hydroxyl groups is 2. The number of hydrogen-bond donors (Lipinski definition) is 2. The molecular weight excluding hydrogens is 727 g/mol. The van der Waals surface area contributed by atoms with Crippen LogP contribution in [-0.4, -0.2) is 78.5 Å². The van der Waals surface area contributed by atoms with Crippen molar-refractivity contribution >= 4 is 11.7 Å². The van der Waals surface area contributed by atoms with Crippen molar-refractivity contribution in [1.82, 2.24) is 4.90 Å². The SMILES string of the molecule is COc1ccc(CC(=O)N(C[C@H]2CCCO2)C[C@]2(O)CC[C@H]3[C@]45C=C[C@@]6(C=C4C(=O)c4ccc(-c7ccccc7)cc4)CC(O)CC[C@]6(C)[C@H]5CC[C@@]32C)cc1OC. The van der Waals surface area contributed by atoms with E-state index in [1.165, 1.54) is 0 Å². The van der Waals surface area contributed by atoms with Gasteiger partial charge >= 0.3 is 0 Å². The summed E-state index contributed by atoms with van der Waals surface area (Å²) in [6, 6.07) is 23.8. The Bertz CT molecular complexity index is 2120. The van der Waals surface area contributed by atoms with Crippen molar-refractivity contribution in [2.24, 2.45) is 33.5 Å². The Labute approximate surface area is 343 Å². The van der Waals surface area contributed by atoms with Gasteiger partial charge in [-0.15, -0.1) is 0 Å². The third-order valence-electron chi connectivity index (χ3n) is 16.3. The van der Waals surface area contributed by atoms with E-state index in [0.717, 1.165) is 67.2 Å². The zero-order valence-electron chi connectivity index (χ0n) is 34.5.